The van der Waals surface area contributed by atoms with E-state index in [1.807, 2.05) is 61.5 Å². The molecule has 41 heavy (non-hydrogen) atoms. The maximum Gasteiger partial charge on any atom is 0.323 e. The van der Waals surface area contributed by atoms with Crippen molar-refractivity contribution in [3.05, 3.63) is 90.0 Å². The van der Waals surface area contributed by atoms with Crippen molar-refractivity contribution in [2.45, 2.75) is 57.4 Å². The second kappa shape index (κ2) is 13.1. The van der Waals surface area contributed by atoms with Crippen molar-refractivity contribution in [1.82, 2.24) is 5.32 Å². The van der Waals surface area contributed by atoms with Gasteiger partial charge < -0.3 is 26.4 Å². The topological polar surface area (TPSA) is 137 Å². The standard InChI is InChI=1S/C32H36N4O5/c1-21-8-6-7-11-27(21)36-31(41)35-25-16-14-24(15-17-25)34-30(40)22-12-13-26(18-22)33-28(37)19-32(2,20-29(38)39)23-9-4-3-5-10-23/h3-11,14-17,22,26H,12-13,18-20H2,1-2H3,(H,33,37)(H,34,40)(H,38,39)(H2,35,36,41)/t22-,26+,32?/m1/s1. The number of benzene rings is 3. The summed E-state index contributed by atoms with van der Waals surface area (Å²) in [7, 11) is 0. The Morgan fingerprint density at radius 3 is 2.10 bits per heavy atom. The Hall–Kier alpha value is -4.66. The van der Waals surface area contributed by atoms with E-state index in [2.05, 4.69) is 21.3 Å². The molecule has 3 atom stereocenters. The molecule has 9 nitrogen and oxygen atoms in total. The summed E-state index contributed by atoms with van der Waals surface area (Å²) >= 11 is 0. The highest BCUT2D eigenvalue weighted by Gasteiger charge is 2.35. The van der Waals surface area contributed by atoms with Crippen LogP contribution in [0.25, 0.3) is 0 Å². The van der Waals surface area contributed by atoms with Crippen LogP contribution in [0.1, 0.15) is 50.2 Å². The summed E-state index contributed by atoms with van der Waals surface area (Å²) in [4.78, 5) is 49.7. The van der Waals surface area contributed by atoms with Gasteiger partial charge in [-0.15, -0.1) is 0 Å². The fourth-order valence-corrected chi connectivity index (χ4v) is 5.30. The van der Waals surface area contributed by atoms with E-state index in [-0.39, 0.29) is 42.6 Å². The van der Waals surface area contributed by atoms with Crippen LogP contribution in [0.15, 0.2) is 78.9 Å². The van der Waals surface area contributed by atoms with E-state index in [0.717, 1.165) is 16.8 Å². The van der Waals surface area contributed by atoms with Crippen LogP contribution in [0.5, 0.6) is 0 Å². The second-order valence-electron chi connectivity index (χ2n) is 10.9. The van der Waals surface area contributed by atoms with E-state index in [1.54, 1.807) is 31.2 Å². The third-order valence-corrected chi connectivity index (χ3v) is 7.53. The monoisotopic (exact) mass is 556 g/mol. The van der Waals surface area contributed by atoms with E-state index >= 15 is 0 Å². The molecule has 0 saturated heterocycles. The van der Waals surface area contributed by atoms with Crippen molar-refractivity contribution in [1.29, 1.82) is 0 Å². The molecule has 1 unspecified atom stereocenters. The molecule has 3 aromatic carbocycles. The zero-order chi connectivity index (χ0) is 29.4. The van der Waals surface area contributed by atoms with Gasteiger partial charge in [0.1, 0.15) is 0 Å². The SMILES string of the molecule is Cc1ccccc1NC(=O)Nc1ccc(NC(=O)[C@@H]2CC[C@H](NC(=O)CC(C)(CC(=O)O)c3ccccc3)C2)cc1. The van der Waals surface area contributed by atoms with Crippen molar-refractivity contribution >= 4 is 40.9 Å². The third kappa shape index (κ3) is 8.17. The lowest BCUT2D eigenvalue weighted by Gasteiger charge is -2.28. The number of carboxylic acid groups (broad SMARTS) is 1. The molecule has 0 bridgehead atoms. The van der Waals surface area contributed by atoms with Gasteiger partial charge in [0.25, 0.3) is 0 Å². The summed E-state index contributed by atoms with van der Waals surface area (Å²) in [6.07, 6.45) is 1.70. The smallest absolute Gasteiger partial charge is 0.323 e. The number of urea groups is 1. The highest BCUT2D eigenvalue weighted by Crippen LogP contribution is 2.33. The van der Waals surface area contributed by atoms with Crippen LogP contribution < -0.4 is 21.3 Å². The second-order valence-corrected chi connectivity index (χ2v) is 10.9. The molecule has 5 N–H and O–H groups in total. The van der Waals surface area contributed by atoms with Gasteiger partial charge in [0.2, 0.25) is 11.8 Å². The largest absolute Gasteiger partial charge is 0.481 e. The van der Waals surface area contributed by atoms with Crippen LogP contribution in [-0.2, 0) is 19.8 Å². The van der Waals surface area contributed by atoms with E-state index in [1.165, 1.54) is 0 Å². The van der Waals surface area contributed by atoms with E-state index in [4.69, 9.17) is 0 Å². The number of para-hydroxylation sites is 1. The molecule has 1 aliphatic rings. The lowest BCUT2D eigenvalue weighted by molar-refractivity contribution is -0.138. The molecule has 0 spiro atoms. The predicted octanol–water partition coefficient (Wildman–Crippen LogP) is 5.69. The number of hydrogen-bond acceptors (Lipinski definition) is 4. The van der Waals surface area contributed by atoms with Gasteiger partial charge in [-0.25, -0.2) is 4.79 Å². The summed E-state index contributed by atoms with van der Waals surface area (Å²) in [6.45, 7) is 3.70. The number of hydrogen-bond donors (Lipinski definition) is 5. The maximum atomic E-state index is 12.9. The molecule has 1 aliphatic carbocycles. The summed E-state index contributed by atoms with van der Waals surface area (Å²) < 4.78 is 0. The molecular weight excluding hydrogens is 520 g/mol. The van der Waals surface area contributed by atoms with Gasteiger partial charge in [-0.1, -0.05) is 55.5 Å². The third-order valence-electron chi connectivity index (χ3n) is 7.53. The molecule has 1 fully saturated rings. The minimum Gasteiger partial charge on any atom is -0.481 e. The summed E-state index contributed by atoms with van der Waals surface area (Å²) in [5.74, 6) is -1.56. The molecule has 3 aromatic rings. The molecule has 214 valence electrons. The Bertz CT molecular complexity index is 1390. The van der Waals surface area contributed by atoms with Crippen LogP contribution in [0.3, 0.4) is 0 Å². The Morgan fingerprint density at radius 2 is 1.44 bits per heavy atom. The number of carboxylic acids is 1. The number of carbonyl (C=O) groups excluding carboxylic acids is 3. The normalized spacial score (nSPS) is 17.6. The predicted molar refractivity (Wildman–Crippen MR) is 159 cm³/mol. The molecule has 4 rings (SSSR count). The number of rotatable bonds is 10. The zero-order valence-corrected chi connectivity index (χ0v) is 23.3. The minimum atomic E-state index is -0.962. The first-order valence-corrected chi connectivity index (χ1v) is 13.7. The molecule has 4 amide bonds. The molecule has 0 radical (unpaired) electrons. The first kappa shape index (κ1) is 29.3. The average molecular weight is 557 g/mol. The fraction of sp³-hybridized carbons (Fsp3) is 0.312. The number of carbonyl (C=O) groups is 4. The Labute approximate surface area is 239 Å². The highest BCUT2D eigenvalue weighted by molar-refractivity contribution is 6.00. The number of anilines is 3. The number of aryl methyl sites for hydroxylation is 1. The van der Waals surface area contributed by atoms with Crippen LogP contribution in [0.4, 0.5) is 21.9 Å². The number of aliphatic carboxylic acids is 1. The maximum absolute atomic E-state index is 12.9. The first-order chi connectivity index (χ1) is 19.6. The lowest BCUT2D eigenvalue weighted by Crippen LogP contribution is -2.39. The van der Waals surface area contributed by atoms with Crippen molar-refractivity contribution in [3.63, 3.8) is 0 Å². The molecular formula is C32H36N4O5. The van der Waals surface area contributed by atoms with Crippen LogP contribution in [-0.4, -0.2) is 35.0 Å². The summed E-state index contributed by atoms with van der Waals surface area (Å²) in [5.41, 5.74) is 2.84. The van der Waals surface area contributed by atoms with Gasteiger partial charge in [0.15, 0.2) is 0 Å². The molecule has 0 heterocycles. The van der Waals surface area contributed by atoms with Crippen molar-refractivity contribution < 1.29 is 24.3 Å². The minimum absolute atomic E-state index is 0.0417. The zero-order valence-electron chi connectivity index (χ0n) is 23.3. The van der Waals surface area contributed by atoms with Crippen molar-refractivity contribution in [2.24, 2.45) is 5.92 Å². The Kier molecular flexibility index (Phi) is 9.39. The van der Waals surface area contributed by atoms with Crippen LogP contribution in [0.2, 0.25) is 0 Å². The van der Waals surface area contributed by atoms with Crippen molar-refractivity contribution in [3.8, 4) is 0 Å². The fourth-order valence-electron chi connectivity index (χ4n) is 5.30. The van der Waals surface area contributed by atoms with Gasteiger partial charge in [-0.2, -0.15) is 0 Å². The van der Waals surface area contributed by atoms with Gasteiger partial charge in [0, 0.05) is 40.9 Å². The first-order valence-electron chi connectivity index (χ1n) is 13.7. The van der Waals surface area contributed by atoms with E-state index < -0.39 is 11.4 Å². The quantitative estimate of drug-likeness (QED) is 0.219. The lowest BCUT2D eigenvalue weighted by atomic mass is 9.76. The molecule has 1 saturated carbocycles. The van der Waals surface area contributed by atoms with E-state index in [0.29, 0.717) is 30.6 Å². The van der Waals surface area contributed by atoms with Gasteiger partial charge in [-0.05, 0) is 67.6 Å². The summed E-state index contributed by atoms with van der Waals surface area (Å²) in [5, 5.41) is 21.0. The van der Waals surface area contributed by atoms with E-state index in [9.17, 15) is 24.3 Å². The number of amides is 4. The average Bonchev–Trinajstić information content (AvgIpc) is 3.39. The number of nitrogens with one attached hydrogen (secondary N) is 4. The highest BCUT2D eigenvalue weighted by atomic mass is 16.4. The van der Waals surface area contributed by atoms with Gasteiger partial charge >= 0.3 is 12.0 Å². The summed E-state index contributed by atoms with van der Waals surface area (Å²) in [6, 6.07) is 23.1. The Morgan fingerprint density at radius 1 is 0.805 bits per heavy atom. The van der Waals surface area contributed by atoms with Gasteiger partial charge in [0.05, 0.1) is 6.42 Å². The van der Waals surface area contributed by atoms with Crippen LogP contribution >= 0.6 is 0 Å². The van der Waals surface area contributed by atoms with Crippen molar-refractivity contribution in [2.75, 3.05) is 16.0 Å². The Balaban J connectivity index is 1.25. The molecule has 9 heteroatoms. The molecule has 0 aromatic heterocycles. The molecule has 0 aliphatic heterocycles. The van der Waals surface area contributed by atoms with Crippen LogP contribution in [0, 0.1) is 12.8 Å². The van der Waals surface area contributed by atoms with Gasteiger partial charge in [-0.3, -0.25) is 14.4 Å².